The molecule has 0 heterocycles. The number of aliphatic hydroxyl groups excluding tert-OH is 1. The molecule has 3 unspecified atom stereocenters. The Balaban J connectivity index is 4.02. The molecule has 0 saturated heterocycles. The maximum Gasteiger partial charge on any atom is 0.472 e. The fourth-order valence-electron chi connectivity index (χ4n) is 5.24. The minimum absolute atomic E-state index is 0.129. The van der Waals surface area contributed by atoms with E-state index in [4.69, 9.17) is 13.8 Å². The van der Waals surface area contributed by atoms with Crippen molar-refractivity contribution in [2.45, 2.75) is 174 Å². The molecular formula is C43H74NO10P. The van der Waals surface area contributed by atoms with E-state index in [9.17, 15) is 34.1 Å². The number of unbranched alkanes of at least 4 members (excludes halogenated alkanes) is 14. The van der Waals surface area contributed by atoms with E-state index in [1.807, 2.05) is 12.2 Å². The molecule has 0 saturated carbocycles. The highest BCUT2D eigenvalue weighted by Gasteiger charge is 2.28. The Morgan fingerprint density at radius 1 is 0.582 bits per heavy atom. The lowest BCUT2D eigenvalue weighted by Crippen LogP contribution is -2.43. The van der Waals surface area contributed by atoms with E-state index < -0.39 is 57.6 Å². The van der Waals surface area contributed by atoms with Crippen LogP contribution in [-0.4, -0.2) is 64.9 Å². The van der Waals surface area contributed by atoms with E-state index in [2.05, 4.69) is 67.8 Å². The molecule has 11 nitrogen and oxygen atoms in total. The summed E-state index contributed by atoms with van der Waals surface area (Å²) in [5, 5.41) is 21.8. The van der Waals surface area contributed by atoms with Crippen LogP contribution in [0.1, 0.15) is 162 Å². The highest BCUT2D eigenvalue weighted by Crippen LogP contribution is 2.43. The Kier molecular flexibility index (Phi) is 36.1. The Bertz CT molecular complexity index is 1170. The van der Waals surface area contributed by atoms with E-state index in [-0.39, 0.29) is 12.8 Å². The lowest BCUT2D eigenvalue weighted by molar-refractivity contribution is -0.147. The van der Waals surface area contributed by atoms with Crippen molar-refractivity contribution >= 4 is 25.7 Å². The molecule has 0 aliphatic heterocycles. The zero-order chi connectivity index (χ0) is 40.7. The van der Waals surface area contributed by atoms with Gasteiger partial charge in [0.25, 0.3) is 0 Å². The molecule has 0 radical (unpaired) electrons. The maximum absolute atomic E-state index is 12.3. The van der Waals surface area contributed by atoms with Gasteiger partial charge in [-0.1, -0.05) is 132 Å². The lowest BCUT2D eigenvalue weighted by Gasteiger charge is -2.18. The summed E-state index contributed by atoms with van der Waals surface area (Å²) in [6.07, 6.45) is 42.5. The van der Waals surface area contributed by atoms with E-state index >= 15 is 0 Å². The van der Waals surface area contributed by atoms with E-state index in [1.165, 1.54) is 51.4 Å². The second-order valence-corrected chi connectivity index (χ2v) is 15.3. The third kappa shape index (κ3) is 37.9. The van der Waals surface area contributed by atoms with Gasteiger partial charge in [0.15, 0.2) is 6.04 Å². The Morgan fingerprint density at radius 3 is 1.58 bits per heavy atom. The number of allylic oxidation sites excluding steroid dienone is 10. The van der Waals surface area contributed by atoms with E-state index in [0.29, 0.717) is 19.3 Å². The van der Waals surface area contributed by atoms with Crippen molar-refractivity contribution in [2.75, 3.05) is 19.8 Å². The number of rotatable bonds is 38. The number of phosphoric ester groups is 1. The molecule has 12 heteroatoms. The van der Waals surface area contributed by atoms with Crippen LogP contribution in [0.4, 0.5) is 0 Å². The summed E-state index contributed by atoms with van der Waals surface area (Å²) in [5.41, 5.74) is 0. The molecule has 0 spiro atoms. The Hall–Kier alpha value is -2.82. The van der Waals surface area contributed by atoms with Crippen LogP contribution in [0, 0.1) is 0 Å². The fraction of sp³-hybridized carbons (Fsp3) is 0.698. The second-order valence-electron chi connectivity index (χ2n) is 13.8. The predicted molar refractivity (Wildman–Crippen MR) is 222 cm³/mol. The van der Waals surface area contributed by atoms with Gasteiger partial charge in [-0.2, -0.15) is 0 Å². The standard InChI is InChI=1S/C43H74NO10P/c1-3-5-7-9-11-13-15-17-19-20-21-23-25-27-29-31-33-35-42(47)52-36-39(45)37-53-55(50,51)54-38-40(43(48)49)44-41(46)34-32-30-28-26-24-22-18-16-14-12-10-8-6-4-2/h11,13,16-19,21,23,27,29,39-40,45H,3-10,12,14-15,20,22,24-26,28,30-38H2,1-2H3,(H,44,46)(H,48,49)(H,50,51)/b13-11-,18-16-,19-17-,23-21-,29-27-. The minimum Gasteiger partial charge on any atom is -0.480 e. The summed E-state index contributed by atoms with van der Waals surface area (Å²) in [6.45, 7) is 2.47. The second kappa shape index (κ2) is 38.1. The number of hydrogen-bond donors (Lipinski definition) is 4. The number of ether oxygens (including phenoxy) is 1. The highest BCUT2D eigenvalue weighted by molar-refractivity contribution is 7.47. The van der Waals surface area contributed by atoms with Gasteiger partial charge in [-0.3, -0.25) is 18.6 Å². The maximum atomic E-state index is 12.3. The number of carbonyl (C=O) groups is 3. The van der Waals surface area contributed by atoms with Gasteiger partial charge in [-0.15, -0.1) is 0 Å². The van der Waals surface area contributed by atoms with Gasteiger partial charge >= 0.3 is 19.8 Å². The van der Waals surface area contributed by atoms with Crippen molar-refractivity contribution in [3.63, 3.8) is 0 Å². The van der Waals surface area contributed by atoms with Crippen molar-refractivity contribution in [3.8, 4) is 0 Å². The summed E-state index contributed by atoms with van der Waals surface area (Å²) >= 11 is 0. The normalized spacial score (nSPS) is 14.4. The zero-order valence-corrected chi connectivity index (χ0v) is 34.9. The first-order valence-electron chi connectivity index (χ1n) is 20.8. The van der Waals surface area contributed by atoms with E-state index in [0.717, 1.165) is 64.2 Å². The molecule has 0 bridgehead atoms. The molecule has 4 N–H and O–H groups in total. The van der Waals surface area contributed by atoms with Crippen molar-refractivity contribution in [2.24, 2.45) is 0 Å². The van der Waals surface area contributed by atoms with Crippen LogP contribution in [-0.2, 0) is 32.7 Å². The minimum atomic E-state index is -4.77. The topological polar surface area (TPSA) is 169 Å². The number of esters is 1. The SMILES string of the molecule is CCCCC/C=C\C/C=C\C/C=C\C/C=C\CCCC(=O)OCC(O)COP(=O)(O)OCC(NC(=O)CCCCCCC/C=C\CCCCCCC)C(=O)O. The lowest BCUT2D eigenvalue weighted by atomic mass is 10.1. The Labute approximate surface area is 332 Å². The van der Waals surface area contributed by atoms with Gasteiger partial charge in [-0.25, -0.2) is 9.36 Å². The first kappa shape index (κ1) is 52.2. The van der Waals surface area contributed by atoms with E-state index in [1.54, 1.807) is 0 Å². The van der Waals surface area contributed by atoms with Crippen LogP contribution in [0.25, 0.3) is 0 Å². The number of carboxylic acid groups (broad SMARTS) is 1. The van der Waals surface area contributed by atoms with Gasteiger partial charge < -0.3 is 25.2 Å². The largest absolute Gasteiger partial charge is 0.480 e. The van der Waals surface area contributed by atoms with Gasteiger partial charge in [0.1, 0.15) is 12.7 Å². The number of aliphatic carboxylic acids is 1. The molecule has 55 heavy (non-hydrogen) atoms. The van der Waals surface area contributed by atoms with Crippen LogP contribution in [0.5, 0.6) is 0 Å². The third-order valence-electron chi connectivity index (χ3n) is 8.53. The molecule has 3 atom stereocenters. The molecule has 0 aromatic rings. The number of nitrogens with one attached hydrogen (secondary N) is 1. The van der Waals surface area contributed by atoms with Gasteiger partial charge in [-0.05, 0) is 77.0 Å². The van der Waals surface area contributed by atoms with Crippen molar-refractivity contribution in [1.29, 1.82) is 0 Å². The van der Waals surface area contributed by atoms with Crippen LogP contribution < -0.4 is 5.32 Å². The first-order chi connectivity index (χ1) is 26.6. The summed E-state index contributed by atoms with van der Waals surface area (Å²) < 4.78 is 26.7. The third-order valence-corrected chi connectivity index (χ3v) is 9.48. The predicted octanol–water partition coefficient (Wildman–Crippen LogP) is 10.4. The van der Waals surface area contributed by atoms with Crippen LogP contribution in [0.2, 0.25) is 0 Å². The molecule has 0 aliphatic carbocycles. The number of amides is 1. The molecule has 1 amide bonds. The smallest absolute Gasteiger partial charge is 0.472 e. The number of carboxylic acids is 1. The molecule has 316 valence electrons. The van der Waals surface area contributed by atoms with Gasteiger partial charge in [0.05, 0.1) is 13.2 Å². The molecule has 0 aromatic heterocycles. The van der Waals surface area contributed by atoms with Crippen LogP contribution in [0.3, 0.4) is 0 Å². The average molecular weight is 796 g/mol. The number of carbonyl (C=O) groups excluding carboxylic acids is 2. The van der Waals surface area contributed by atoms with Gasteiger partial charge in [0.2, 0.25) is 5.91 Å². The summed E-state index contributed by atoms with van der Waals surface area (Å²) in [4.78, 5) is 45.8. The first-order valence-corrected chi connectivity index (χ1v) is 22.3. The molecule has 0 aliphatic rings. The monoisotopic (exact) mass is 796 g/mol. The van der Waals surface area contributed by atoms with Gasteiger partial charge in [0, 0.05) is 12.8 Å². The highest BCUT2D eigenvalue weighted by atomic mass is 31.2. The summed E-state index contributed by atoms with van der Waals surface area (Å²) in [6, 6.07) is -1.56. The quantitative estimate of drug-likeness (QED) is 0.0204. The molecule has 0 rings (SSSR count). The molecule has 0 aromatic carbocycles. The average Bonchev–Trinajstić information content (AvgIpc) is 3.16. The van der Waals surface area contributed by atoms with Crippen LogP contribution >= 0.6 is 7.82 Å². The Morgan fingerprint density at radius 2 is 1.02 bits per heavy atom. The van der Waals surface area contributed by atoms with Crippen LogP contribution in [0.15, 0.2) is 60.8 Å². The molecule has 0 fully saturated rings. The fourth-order valence-corrected chi connectivity index (χ4v) is 6.01. The van der Waals surface area contributed by atoms with Crippen molar-refractivity contribution in [1.82, 2.24) is 5.32 Å². The zero-order valence-electron chi connectivity index (χ0n) is 34.0. The number of hydrogen-bond acceptors (Lipinski definition) is 8. The summed E-state index contributed by atoms with van der Waals surface area (Å²) in [5.74, 6) is -2.45. The number of aliphatic hydroxyl groups is 1. The van der Waals surface area contributed by atoms with Crippen molar-refractivity contribution < 1.29 is 47.8 Å². The molecular weight excluding hydrogens is 721 g/mol. The summed E-state index contributed by atoms with van der Waals surface area (Å²) in [7, 11) is -4.77. The van der Waals surface area contributed by atoms with Crippen molar-refractivity contribution in [3.05, 3.63) is 60.8 Å². The number of phosphoric acid groups is 1.